The van der Waals surface area contributed by atoms with E-state index in [0.29, 0.717) is 0 Å². The van der Waals surface area contributed by atoms with Crippen LogP contribution in [0.3, 0.4) is 0 Å². The predicted molar refractivity (Wildman–Crippen MR) is 52.4 cm³/mol. The SMILES string of the molecule is COC(=O)[C@@H](C)NC(=O)[C@H](N)C(C)C. The molecule has 0 heterocycles. The zero-order valence-corrected chi connectivity index (χ0v) is 9.03. The lowest BCUT2D eigenvalue weighted by Crippen LogP contribution is -2.49. The van der Waals surface area contributed by atoms with E-state index in [1.165, 1.54) is 7.11 Å². The van der Waals surface area contributed by atoms with Crippen LogP contribution in [-0.2, 0) is 14.3 Å². The lowest BCUT2D eigenvalue weighted by Gasteiger charge is -2.18. The number of methoxy groups -OCH3 is 1. The van der Waals surface area contributed by atoms with Crippen molar-refractivity contribution >= 4 is 11.9 Å². The van der Waals surface area contributed by atoms with Crippen molar-refractivity contribution in [2.75, 3.05) is 7.11 Å². The monoisotopic (exact) mass is 202 g/mol. The van der Waals surface area contributed by atoms with Gasteiger partial charge in [0.1, 0.15) is 6.04 Å². The lowest BCUT2D eigenvalue weighted by atomic mass is 10.0. The Hall–Kier alpha value is -1.10. The highest BCUT2D eigenvalue weighted by molar-refractivity contribution is 5.87. The van der Waals surface area contributed by atoms with Crippen molar-refractivity contribution in [1.29, 1.82) is 0 Å². The Bertz CT molecular complexity index is 216. The number of hydrogen-bond acceptors (Lipinski definition) is 4. The van der Waals surface area contributed by atoms with Gasteiger partial charge < -0.3 is 15.8 Å². The molecule has 82 valence electrons. The molecular formula is C9H18N2O3. The minimum absolute atomic E-state index is 0.0415. The van der Waals surface area contributed by atoms with Gasteiger partial charge >= 0.3 is 5.97 Å². The summed E-state index contributed by atoms with van der Waals surface area (Å²) in [4.78, 5) is 22.3. The molecule has 0 aliphatic heterocycles. The number of rotatable bonds is 4. The Labute approximate surface area is 84.0 Å². The molecule has 2 atom stereocenters. The van der Waals surface area contributed by atoms with Crippen molar-refractivity contribution in [2.24, 2.45) is 11.7 Å². The molecule has 0 aliphatic rings. The molecule has 0 radical (unpaired) electrons. The third-order valence-electron chi connectivity index (χ3n) is 1.93. The van der Waals surface area contributed by atoms with Crippen LogP contribution >= 0.6 is 0 Å². The van der Waals surface area contributed by atoms with Crippen molar-refractivity contribution in [1.82, 2.24) is 5.32 Å². The molecule has 0 aromatic heterocycles. The molecule has 0 spiro atoms. The average molecular weight is 202 g/mol. The molecule has 5 heteroatoms. The summed E-state index contributed by atoms with van der Waals surface area (Å²) in [6.45, 7) is 5.23. The topological polar surface area (TPSA) is 81.4 Å². The molecule has 0 aromatic carbocycles. The maximum atomic E-state index is 11.4. The number of ether oxygens (including phenoxy) is 1. The number of hydrogen-bond donors (Lipinski definition) is 2. The van der Waals surface area contributed by atoms with Crippen molar-refractivity contribution < 1.29 is 14.3 Å². The molecule has 0 saturated heterocycles. The summed E-state index contributed by atoms with van der Waals surface area (Å²) in [7, 11) is 1.27. The first-order valence-electron chi connectivity index (χ1n) is 4.54. The van der Waals surface area contributed by atoms with Crippen LogP contribution in [0.5, 0.6) is 0 Å². The highest BCUT2D eigenvalue weighted by Gasteiger charge is 2.22. The maximum Gasteiger partial charge on any atom is 0.328 e. The second-order valence-electron chi connectivity index (χ2n) is 3.52. The van der Waals surface area contributed by atoms with Crippen LogP contribution in [0.2, 0.25) is 0 Å². The van der Waals surface area contributed by atoms with E-state index in [1.54, 1.807) is 6.92 Å². The number of nitrogens with two attached hydrogens (primary N) is 1. The smallest absolute Gasteiger partial charge is 0.328 e. The molecule has 3 N–H and O–H groups in total. The quantitative estimate of drug-likeness (QED) is 0.610. The molecule has 5 nitrogen and oxygen atoms in total. The van der Waals surface area contributed by atoms with E-state index in [-0.39, 0.29) is 11.8 Å². The summed E-state index contributed by atoms with van der Waals surface area (Å²) < 4.78 is 4.46. The van der Waals surface area contributed by atoms with Gasteiger partial charge in [-0.25, -0.2) is 4.79 Å². The van der Waals surface area contributed by atoms with Gasteiger partial charge in [-0.1, -0.05) is 13.8 Å². The third-order valence-corrected chi connectivity index (χ3v) is 1.93. The average Bonchev–Trinajstić information content (AvgIpc) is 2.14. The van der Waals surface area contributed by atoms with Crippen LogP contribution < -0.4 is 11.1 Å². The lowest BCUT2D eigenvalue weighted by molar-refractivity contribution is -0.144. The number of amides is 1. The van der Waals surface area contributed by atoms with Crippen molar-refractivity contribution in [2.45, 2.75) is 32.9 Å². The summed E-state index contributed by atoms with van der Waals surface area (Å²) in [5.74, 6) is -0.771. The van der Waals surface area contributed by atoms with Gasteiger partial charge in [0.2, 0.25) is 5.91 Å². The molecule has 0 rings (SSSR count). The second kappa shape index (κ2) is 5.59. The summed E-state index contributed by atoms with van der Waals surface area (Å²) in [5, 5.41) is 2.47. The van der Waals surface area contributed by atoms with E-state index in [0.717, 1.165) is 0 Å². The highest BCUT2D eigenvalue weighted by Crippen LogP contribution is 1.98. The normalized spacial score (nSPS) is 14.7. The van der Waals surface area contributed by atoms with E-state index >= 15 is 0 Å². The Morgan fingerprint density at radius 2 is 1.79 bits per heavy atom. The number of carbonyl (C=O) groups is 2. The fourth-order valence-corrected chi connectivity index (χ4v) is 0.848. The van der Waals surface area contributed by atoms with Gasteiger partial charge in [-0.3, -0.25) is 4.79 Å². The van der Waals surface area contributed by atoms with Gasteiger partial charge in [-0.2, -0.15) is 0 Å². The van der Waals surface area contributed by atoms with E-state index in [1.807, 2.05) is 13.8 Å². The zero-order valence-electron chi connectivity index (χ0n) is 9.03. The van der Waals surface area contributed by atoms with Gasteiger partial charge in [0.05, 0.1) is 13.2 Å². The fourth-order valence-electron chi connectivity index (χ4n) is 0.848. The van der Waals surface area contributed by atoms with Crippen LogP contribution in [0.25, 0.3) is 0 Å². The first-order valence-corrected chi connectivity index (χ1v) is 4.54. The molecule has 1 amide bonds. The van der Waals surface area contributed by atoms with Crippen molar-refractivity contribution in [3.05, 3.63) is 0 Å². The highest BCUT2D eigenvalue weighted by atomic mass is 16.5. The van der Waals surface area contributed by atoms with Crippen LogP contribution in [0.4, 0.5) is 0 Å². The molecule has 0 saturated carbocycles. The Kier molecular flexibility index (Phi) is 5.15. The summed E-state index contributed by atoms with van der Waals surface area (Å²) >= 11 is 0. The summed E-state index contributed by atoms with van der Waals surface area (Å²) in [6.07, 6.45) is 0. The Morgan fingerprint density at radius 3 is 2.14 bits per heavy atom. The van der Waals surface area contributed by atoms with E-state index in [2.05, 4.69) is 10.1 Å². The van der Waals surface area contributed by atoms with Gasteiger partial charge in [-0.15, -0.1) is 0 Å². The van der Waals surface area contributed by atoms with Crippen molar-refractivity contribution in [3.63, 3.8) is 0 Å². The van der Waals surface area contributed by atoms with E-state index in [4.69, 9.17) is 5.73 Å². The summed E-state index contributed by atoms with van der Waals surface area (Å²) in [5.41, 5.74) is 5.59. The number of carbonyl (C=O) groups excluding carboxylic acids is 2. The van der Waals surface area contributed by atoms with Crippen LogP contribution in [0.15, 0.2) is 0 Å². The van der Waals surface area contributed by atoms with Crippen LogP contribution in [-0.4, -0.2) is 31.1 Å². The predicted octanol–water partition coefficient (Wildman–Crippen LogP) is -0.353. The minimum Gasteiger partial charge on any atom is -0.467 e. The molecule has 0 fully saturated rings. The standard InChI is InChI=1S/C9H18N2O3/c1-5(2)7(10)8(12)11-6(3)9(13)14-4/h5-7H,10H2,1-4H3,(H,11,12)/t6-,7-/m1/s1. The van der Waals surface area contributed by atoms with E-state index in [9.17, 15) is 9.59 Å². The molecule has 0 unspecified atom stereocenters. The zero-order chi connectivity index (χ0) is 11.3. The fraction of sp³-hybridized carbons (Fsp3) is 0.778. The third kappa shape index (κ3) is 3.74. The first kappa shape index (κ1) is 12.9. The van der Waals surface area contributed by atoms with Gasteiger partial charge in [0, 0.05) is 0 Å². The number of esters is 1. The van der Waals surface area contributed by atoms with Gasteiger partial charge in [0.25, 0.3) is 0 Å². The van der Waals surface area contributed by atoms with E-state index < -0.39 is 18.1 Å². The Morgan fingerprint density at radius 1 is 1.29 bits per heavy atom. The number of nitrogens with one attached hydrogen (secondary N) is 1. The van der Waals surface area contributed by atoms with Gasteiger partial charge in [-0.05, 0) is 12.8 Å². The maximum absolute atomic E-state index is 11.4. The van der Waals surface area contributed by atoms with Crippen molar-refractivity contribution in [3.8, 4) is 0 Å². The molecule has 14 heavy (non-hydrogen) atoms. The summed E-state index contributed by atoms with van der Waals surface area (Å²) in [6, 6.07) is -1.25. The molecule has 0 aliphatic carbocycles. The van der Waals surface area contributed by atoms with Crippen LogP contribution in [0.1, 0.15) is 20.8 Å². The minimum atomic E-state index is -0.655. The Balaban J connectivity index is 4.12. The van der Waals surface area contributed by atoms with Gasteiger partial charge in [0.15, 0.2) is 0 Å². The molecule has 0 bridgehead atoms. The largest absolute Gasteiger partial charge is 0.467 e. The first-order chi connectivity index (χ1) is 6.40. The van der Waals surface area contributed by atoms with Crippen LogP contribution in [0, 0.1) is 5.92 Å². The second-order valence-corrected chi connectivity index (χ2v) is 3.52. The molecule has 0 aromatic rings. The molecular weight excluding hydrogens is 184 g/mol.